The normalized spacial score (nSPS) is 15.5. The summed E-state index contributed by atoms with van der Waals surface area (Å²) in [7, 11) is 0. The van der Waals surface area contributed by atoms with Gasteiger partial charge in [0.15, 0.2) is 0 Å². The van der Waals surface area contributed by atoms with Gasteiger partial charge in [0.1, 0.15) is 0 Å². The molecule has 128 valence electrons. The van der Waals surface area contributed by atoms with Crippen molar-refractivity contribution in [3.8, 4) is 0 Å². The van der Waals surface area contributed by atoms with E-state index in [1.54, 1.807) is 0 Å². The molecule has 0 aromatic heterocycles. The zero-order valence-electron chi connectivity index (χ0n) is 14.4. The molecule has 0 aliphatic carbocycles. The van der Waals surface area contributed by atoms with Gasteiger partial charge in [-0.15, -0.1) is 0 Å². The van der Waals surface area contributed by atoms with E-state index >= 15 is 0 Å². The molecule has 2 aromatic rings. The first-order chi connectivity index (χ1) is 11.9. The van der Waals surface area contributed by atoms with Crippen LogP contribution in [0.2, 0.25) is 0 Å². The zero-order chi connectivity index (χ0) is 16.5. The number of nitrogens with one attached hydrogen (secondary N) is 1. The minimum Gasteiger partial charge on any atom is -0.379 e. The van der Waals surface area contributed by atoms with E-state index in [1.807, 2.05) is 0 Å². The highest BCUT2D eigenvalue weighted by atomic mass is 16.5. The summed E-state index contributed by atoms with van der Waals surface area (Å²) >= 11 is 0. The molecule has 0 spiro atoms. The van der Waals surface area contributed by atoms with Crippen LogP contribution in [0.4, 0.5) is 0 Å². The van der Waals surface area contributed by atoms with Crippen molar-refractivity contribution in [3.05, 3.63) is 71.3 Å². The molecule has 0 atom stereocenters. The Labute approximate surface area is 145 Å². The van der Waals surface area contributed by atoms with Gasteiger partial charge in [-0.3, -0.25) is 4.90 Å². The molecule has 3 rings (SSSR count). The Hall–Kier alpha value is -1.68. The SMILES string of the molecule is c1ccc(CCCNCc2ccc(CN3CCOCC3)cc2)cc1. The van der Waals surface area contributed by atoms with E-state index in [0.29, 0.717) is 0 Å². The molecule has 2 aromatic carbocycles. The van der Waals surface area contributed by atoms with Crippen LogP contribution in [0.3, 0.4) is 0 Å². The lowest BCUT2D eigenvalue weighted by Crippen LogP contribution is -2.35. The van der Waals surface area contributed by atoms with Crippen molar-refractivity contribution in [2.24, 2.45) is 0 Å². The summed E-state index contributed by atoms with van der Waals surface area (Å²) in [6.07, 6.45) is 2.32. The standard InChI is InChI=1S/C21H28N2O/c1-2-5-19(6-3-1)7-4-12-22-17-20-8-10-21(11-9-20)18-23-13-15-24-16-14-23/h1-3,5-6,8-11,22H,4,7,12-18H2. The predicted molar refractivity (Wildman–Crippen MR) is 99.0 cm³/mol. The first-order valence-electron chi connectivity index (χ1n) is 9.03. The molecule has 1 aliphatic rings. The lowest BCUT2D eigenvalue weighted by atomic mass is 10.1. The van der Waals surface area contributed by atoms with Crippen molar-refractivity contribution in [3.63, 3.8) is 0 Å². The summed E-state index contributed by atoms with van der Waals surface area (Å²) < 4.78 is 5.40. The van der Waals surface area contributed by atoms with Crippen LogP contribution in [0.15, 0.2) is 54.6 Å². The maximum atomic E-state index is 5.40. The molecule has 3 nitrogen and oxygen atoms in total. The molecule has 0 bridgehead atoms. The van der Waals surface area contributed by atoms with E-state index in [1.165, 1.54) is 23.1 Å². The summed E-state index contributed by atoms with van der Waals surface area (Å²) in [5.41, 5.74) is 4.18. The largest absolute Gasteiger partial charge is 0.379 e. The fourth-order valence-corrected chi connectivity index (χ4v) is 3.07. The average molecular weight is 324 g/mol. The van der Waals surface area contributed by atoms with Crippen LogP contribution >= 0.6 is 0 Å². The highest BCUT2D eigenvalue weighted by Crippen LogP contribution is 2.09. The third-order valence-corrected chi connectivity index (χ3v) is 4.52. The topological polar surface area (TPSA) is 24.5 Å². The van der Waals surface area contributed by atoms with Crippen LogP contribution < -0.4 is 5.32 Å². The molecule has 1 N–H and O–H groups in total. The maximum absolute atomic E-state index is 5.40. The monoisotopic (exact) mass is 324 g/mol. The Bertz CT molecular complexity index is 577. The molecule has 1 fully saturated rings. The van der Waals surface area contributed by atoms with Gasteiger partial charge in [0, 0.05) is 26.2 Å². The van der Waals surface area contributed by atoms with Crippen molar-refractivity contribution in [2.45, 2.75) is 25.9 Å². The third kappa shape index (κ3) is 5.75. The van der Waals surface area contributed by atoms with Crippen LogP contribution in [0.25, 0.3) is 0 Å². The molecule has 1 saturated heterocycles. The number of morpholine rings is 1. The quantitative estimate of drug-likeness (QED) is 0.755. The van der Waals surface area contributed by atoms with Gasteiger partial charge in [0.2, 0.25) is 0 Å². The van der Waals surface area contributed by atoms with E-state index in [4.69, 9.17) is 4.74 Å². The number of benzene rings is 2. The summed E-state index contributed by atoms with van der Waals surface area (Å²) in [5, 5.41) is 3.55. The van der Waals surface area contributed by atoms with Crippen LogP contribution in [-0.4, -0.2) is 37.7 Å². The second-order valence-corrected chi connectivity index (χ2v) is 6.47. The molecule has 1 heterocycles. The Balaban J connectivity index is 1.33. The molecule has 24 heavy (non-hydrogen) atoms. The maximum Gasteiger partial charge on any atom is 0.0594 e. The van der Waals surface area contributed by atoms with Gasteiger partial charge >= 0.3 is 0 Å². The van der Waals surface area contributed by atoms with Gasteiger partial charge in [-0.25, -0.2) is 0 Å². The van der Waals surface area contributed by atoms with Gasteiger partial charge < -0.3 is 10.1 Å². The fraction of sp³-hybridized carbons (Fsp3) is 0.429. The smallest absolute Gasteiger partial charge is 0.0594 e. The van der Waals surface area contributed by atoms with Crippen molar-refractivity contribution >= 4 is 0 Å². The Kier molecular flexibility index (Phi) is 6.84. The van der Waals surface area contributed by atoms with Crippen molar-refractivity contribution in [1.82, 2.24) is 10.2 Å². The number of rotatable bonds is 8. The number of nitrogens with zero attached hydrogens (tertiary/aromatic N) is 1. The van der Waals surface area contributed by atoms with Gasteiger partial charge in [0.05, 0.1) is 13.2 Å². The molecule has 0 saturated carbocycles. The van der Waals surface area contributed by atoms with E-state index < -0.39 is 0 Å². The van der Waals surface area contributed by atoms with E-state index in [9.17, 15) is 0 Å². The lowest BCUT2D eigenvalue weighted by Gasteiger charge is -2.26. The minimum absolute atomic E-state index is 0.866. The van der Waals surface area contributed by atoms with Crippen molar-refractivity contribution in [1.29, 1.82) is 0 Å². The average Bonchev–Trinajstić information content (AvgIpc) is 2.65. The molecular formula is C21H28N2O. The molecule has 1 aliphatic heterocycles. The van der Waals surface area contributed by atoms with E-state index in [2.05, 4.69) is 64.8 Å². The zero-order valence-corrected chi connectivity index (χ0v) is 14.4. The highest BCUT2D eigenvalue weighted by Gasteiger charge is 2.10. The van der Waals surface area contributed by atoms with Gasteiger partial charge in [0.25, 0.3) is 0 Å². The van der Waals surface area contributed by atoms with Crippen molar-refractivity contribution in [2.75, 3.05) is 32.8 Å². The summed E-state index contributed by atoms with van der Waals surface area (Å²) in [4.78, 5) is 2.46. The molecule has 0 unspecified atom stereocenters. The predicted octanol–water partition coefficient (Wildman–Crippen LogP) is 3.24. The minimum atomic E-state index is 0.866. The second-order valence-electron chi connectivity index (χ2n) is 6.47. The number of ether oxygens (including phenoxy) is 1. The highest BCUT2D eigenvalue weighted by molar-refractivity contribution is 5.22. The van der Waals surface area contributed by atoms with E-state index in [0.717, 1.165) is 52.4 Å². The Morgan fingerprint density at radius 1 is 0.833 bits per heavy atom. The van der Waals surface area contributed by atoms with Crippen LogP contribution in [0, 0.1) is 0 Å². The molecule has 0 amide bonds. The Morgan fingerprint density at radius 3 is 2.29 bits per heavy atom. The fourth-order valence-electron chi connectivity index (χ4n) is 3.07. The van der Waals surface area contributed by atoms with Gasteiger partial charge in [-0.05, 0) is 36.1 Å². The third-order valence-electron chi connectivity index (χ3n) is 4.52. The molecular weight excluding hydrogens is 296 g/mol. The van der Waals surface area contributed by atoms with Gasteiger partial charge in [-0.2, -0.15) is 0 Å². The number of aryl methyl sites for hydroxylation is 1. The summed E-state index contributed by atoms with van der Waals surface area (Å²) in [6, 6.07) is 19.7. The molecule has 3 heteroatoms. The second kappa shape index (κ2) is 9.58. The van der Waals surface area contributed by atoms with Gasteiger partial charge in [-0.1, -0.05) is 54.6 Å². The van der Waals surface area contributed by atoms with Crippen LogP contribution in [-0.2, 0) is 24.2 Å². The number of hydrogen-bond acceptors (Lipinski definition) is 3. The lowest BCUT2D eigenvalue weighted by molar-refractivity contribution is 0.0342. The Morgan fingerprint density at radius 2 is 1.54 bits per heavy atom. The number of hydrogen-bond donors (Lipinski definition) is 1. The first-order valence-corrected chi connectivity index (χ1v) is 9.03. The van der Waals surface area contributed by atoms with Crippen LogP contribution in [0.5, 0.6) is 0 Å². The molecule has 0 radical (unpaired) electrons. The van der Waals surface area contributed by atoms with Crippen LogP contribution in [0.1, 0.15) is 23.1 Å². The van der Waals surface area contributed by atoms with Crippen molar-refractivity contribution < 1.29 is 4.74 Å². The summed E-state index contributed by atoms with van der Waals surface area (Å²) in [5.74, 6) is 0. The first kappa shape index (κ1) is 17.2. The van der Waals surface area contributed by atoms with E-state index in [-0.39, 0.29) is 0 Å². The summed E-state index contributed by atoms with van der Waals surface area (Å²) in [6.45, 7) is 6.87.